The van der Waals surface area contributed by atoms with E-state index in [1.54, 1.807) is 0 Å². The van der Waals surface area contributed by atoms with Gasteiger partial charge in [-0.3, -0.25) is 4.79 Å². The van der Waals surface area contributed by atoms with Crippen molar-refractivity contribution in [3.63, 3.8) is 0 Å². The van der Waals surface area contributed by atoms with Crippen LogP contribution in [0.15, 0.2) is 48.5 Å². The van der Waals surface area contributed by atoms with Gasteiger partial charge in [0.1, 0.15) is 0 Å². The van der Waals surface area contributed by atoms with Gasteiger partial charge < -0.3 is 0 Å². The molecule has 0 spiro atoms. The maximum Gasteiger partial charge on any atom is 0.198 e. The van der Waals surface area contributed by atoms with E-state index in [1.807, 2.05) is 6.29 Å². The number of hydrogen-bond acceptors (Lipinski definition) is 1. The first-order valence-corrected chi connectivity index (χ1v) is 5.95. The first kappa shape index (κ1) is 10.3. The second-order valence-corrected chi connectivity index (χ2v) is 4.41. The molecule has 0 unspecified atom stereocenters. The summed E-state index contributed by atoms with van der Waals surface area (Å²) < 4.78 is 0. The minimum Gasteiger partial charge on any atom is -0.291 e. The van der Waals surface area contributed by atoms with Crippen LogP contribution in [-0.2, 0) is 4.79 Å². The molecule has 2 aromatic carbocycles. The van der Waals surface area contributed by atoms with Crippen LogP contribution in [0.3, 0.4) is 0 Å². The molecular weight excluding hydrogens is 208 g/mol. The summed E-state index contributed by atoms with van der Waals surface area (Å²) in [5.41, 5.74) is 5.34. The van der Waals surface area contributed by atoms with E-state index in [4.69, 9.17) is 0 Å². The Bertz CT molecular complexity index is 511. The molecule has 1 nitrogen and oxygen atoms in total. The molecule has 0 amide bonds. The van der Waals surface area contributed by atoms with Crippen LogP contribution in [0.5, 0.6) is 0 Å². The fraction of sp³-hybridized carbons (Fsp3) is 0.188. The largest absolute Gasteiger partial charge is 0.291 e. The SMILES string of the molecule is O=[C]CCC1c2ccccc2-c2ccccc21. The molecular formula is C16H13O. The zero-order chi connectivity index (χ0) is 11.7. The highest BCUT2D eigenvalue weighted by Gasteiger charge is 2.27. The third-order valence-electron chi connectivity index (χ3n) is 3.50. The summed E-state index contributed by atoms with van der Waals surface area (Å²) in [5.74, 6) is 0.365. The van der Waals surface area contributed by atoms with Gasteiger partial charge >= 0.3 is 0 Å². The third-order valence-corrected chi connectivity index (χ3v) is 3.50. The first-order valence-electron chi connectivity index (χ1n) is 5.95. The van der Waals surface area contributed by atoms with E-state index in [1.165, 1.54) is 22.3 Å². The molecule has 83 valence electrons. The van der Waals surface area contributed by atoms with Crippen molar-refractivity contribution in [1.29, 1.82) is 0 Å². The molecule has 0 N–H and O–H groups in total. The molecule has 0 heterocycles. The van der Waals surface area contributed by atoms with Gasteiger partial charge in [-0.1, -0.05) is 48.5 Å². The Balaban J connectivity index is 2.13. The number of rotatable bonds is 3. The summed E-state index contributed by atoms with van der Waals surface area (Å²) in [6, 6.07) is 17.0. The van der Waals surface area contributed by atoms with E-state index in [0.29, 0.717) is 12.3 Å². The Kier molecular flexibility index (Phi) is 2.52. The van der Waals surface area contributed by atoms with Crippen molar-refractivity contribution in [2.75, 3.05) is 0 Å². The van der Waals surface area contributed by atoms with Gasteiger partial charge in [-0.25, -0.2) is 0 Å². The molecule has 3 rings (SSSR count). The Morgan fingerprint density at radius 3 is 1.94 bits per heavy atom. The summed E-state index contributed by atoms with van der Waals surface area (Å²) >= 11 is 0. The van der Waals surface area contributed by atoms with Crippen LogP contribution in [0, 0.1) is 0 Å². The van der Waals surface area contributed by atoms with Crippen LogP contribution < -0.4 is 0 Å². The van der Waals surface area contributed by atoms with Gasteiger partial charge in [0.15, 0.2) is 6.29 Å². The Morgan fingerprint density at radius 2 is 1.41 bits per heavy atom. The zero-order valence-electron chi connectivity index (χ0n) is 9.52. The lowest BCUT2D eigenvalue weighted by Gasteiger charge is -2.11. The molecule has 0 saturated heterocycles. The van der Waals surface area contributed by atoms with Gasteiger partial charge in [-0.05, 0) is 28.7 Å². The Labute approximate surface area is 101 Å². The average Bonchev–Trinajstić information content (AvgIpc) is 2.71. The molecule has 1 radical (unpaired) electrons. The molecule has 0 aromatic heterocycles. The van der Waals surface area contributed by atoms with Crippen LogP contribution in [0.1, 0.15) is 29.9 Å². The summed E-state index contributed by atoms with van der Waals surface area (Å²) in [6.45, 7) is 0. The van der Waals surface area contributed by atoms with Crippen molar-refractivity contribution in [3.05, 3.63) is 59.7 Å². The number of fused-ring (bicyclic) bond motifs is 3. The second-order valence-electron chi connectivity index (χ2n) is 4.41. The van der Waals surface area contributed by atoms with Crippen LogP contribution in [0.25, 0.3) is 11.1 Å². The number of carbonyl (C=O) groups excluding carboxylic acids is 1. The van der Waals surface area contributed by atoms with Crippen LogP contribution >= 0.6 is 0 Å². The quantitative estimate of drug-likeness (QED) is 0.772. The maximum atomic E-state index is 10.5. The predicted octanol–water partition coefficient (Wildman–Crippen LogP) is 3.69. The monoisotopic (exact) mass is 221 g/mol. The molecule has 1 aliphatic carbocycles. The van der Waals surface area contributed by atoms with Crippen molar-refractivity contribution < 1.29 is 4.79 Å². The van der Waals surface area contributed by atoms with Crippen molar-refractivity contribution in [2.24, 2.45) is 0 Å². The lowest BCUT2D eigenvalue weighted by molar-refractivity contribution is 0.546. The summed E-state index contributed by atoms with van der Waals surface area (Å²) in [4.78, 5) is 10.5. The smallest absolute Gasteiger partial charge is 0.198 e. The molecule has 0 aliphatic heterocycles. The van der Waals surface area contributed by atoms with Gasteiger partial charge in [0.05, 0.1) is 0 Å². The van der Waals surface area contributed by atoms with E-state index in [-0.39, 0.29) is 0 Å². The van der Waals surface area contributed by atoms with E-state index < -0.39 is 0 Å². The molecule has 0 fully saturated rings. The highest BCUT2D eigenvalue weighted by molar-refractivity contribution is 5.78. The van der Waals surface area contributed by atoms with Crippen molar-refractivity contribution >= 4 is 6.29 Å². The second kappa shape index (κ2) is 4.17. The highest BCUT2D eigenvalue weighted by atomic mass is 16.1. The Hall–Kier alpha value is -1.89. The minimum absolute atomic E-state index is 0.365. The van der Waals surface area contributed by atoms with E-state index >= 15 is 0 Å². The Morgan fingerprint density at radius 1 is 0.882 bits per heavy atom. The lowest BCUT2D eigenvalue weighted by atomic mass is 9.92. The van der Waals surface area contributed by atoms with Crippen LogP contribution in [0.4, 0.5) is 0 Å². The number of benzene rings is 2. The molecule has 0 atom stereocenters. The van der Waals surface area contributed by atoms with Gasteiger partial charge in [-0.2, -0.15) is 0 Å². The van der Waals surface area contributed by atoms with Crippen molar-refractivity contribution in [2.45, 2.75) is 18.8 Å². The van der Waals surface area contributed by atoms with Gasteiger partial charge in [0.25, 0.3) is 0 Å². The molecule has 1 aliphatic rings. The molecule has 2 aromatic rings. The van der Waals surface area contributed by atoms with E-state index in [0.717, 1.165) is 6.42 Å². The molecule has 0 saturated carbocycles. The summed E-state index contributed by atoms with van der Waals surface area (Å²) in [7, 11) is 0. The van der Waals surface area contributed by atoms with Crippen LogP contribution in [0.2, 0.25) is 0 Å². The normalized spacial score (nSPS) is 13.2. The highest BCUT2D eigenvalue weighted by Crippen LogP contribution is 2.46. The van der Waals surface area contributed by atoms with Gasteiger partial charge in [-0.15, -0.1) is 0 Å². The van der Waals surface area contributed by atoms with Gasteiger partial charge in [0.2, 0.25) is 0 Å². The predicted molar refractivity (Wildman–Crippen MR) is 68.6 cm³/mol. The van der Waals surface area contributed by atoms with Crippen molar-refractivity contribution in [1.82, 2.24) is 0 Å². The first-order chi connectivity index (χ1) is 8.42. The molecule has 0 bridgehead atoms. The fourth-order valence-corrected chi connectivity index (χ4v) is 2.77. The maximum absolute atomic E-state index is 10.5. The summed E-state index contributed by atoms with van der Waals surface area (Å²) in [6.07, 6.45) is 3.37. The summed E-state index contributed by atoms with van der Waals surface area (Å²) in [5, 5.41) is 0. The number of hydrogen-bond donors (Lipinski definition) is 0. The zero-order valence-corrected chi connectivity index (χ0v) is 9.52. The minimum atomic E-state index is 0.365. The topological polar surface area (TPSA) is 17.1 Å². The molecule has 17 heavy (non-hydrogen) atoms. The lowest BCUT2D eigenvalue weighted by Crippen LogP contribution is -1.96. The van der Waals surface area contributed by atoms with E-state index in [9.17, 15) is 4.79 Å². The molecule has 1 heteroatoms. The van der Waals surface area contributed by atoms with Crippen molar-refractivity contribution in [3.8, 4) is 11.1 Å². The van der Waals surface area contributed by atoms with Gasteiger partial charge in [0, 0.05) is 12.3 Å². The third kappa shape index (κ3) is 1.59. The van der Waals surface area contributed by atoms with E-state index in [2.05, 4.69) is 48.5 Å². The fourth-order valence-electron chi connectivity index (χ4n) is 2.77. The standard InChI is InChI=1S/C16H13O/c17-11-5-10-16-14-8-3-1-6-12(14)13-7-2-4-9-15(13)16/h1-4,6-9,16H,5,10H2. The van der Waals surface area contributed by atoms with Crippen LogP contribution in [-0.4, -0.2) is 6.29 Å². The average molecular weight is 221 g/mol.